The molecule has 1 amide bonds. The lowest BCUT2D eigenvalue weighted by Gasteiger charge is -2.35. The van der Waals surface area contributed by atoms with Crippen LogP contribution in [0.5, 0.6) is 0 Å². The van der Waals surface area contributed by atoms with E-state index in [0.717, 1.165) is 12.0 Å². The molecule has 0 saturated heterocycles. The Balaban J connectivity index is 2.13. The molecule has 0 saturated carbocycles. The molecule has 148 valence electrons. The predicted octanol–water partition coefficient (Wildman–Crippen LogP) is 4.56. The van der Waals surface area contributed by atoms with Gasteiger partial charge in [0.2, 0.25) is 5.91 Å². The Bertz CT molecular complexity index is 716. The molecule has 5 nitrogen and oxygen atoms in total. The minimum atomic E-state index is -4.38. The second kappa shape index (κ2) is 8.92. The first-order valence-electron chi connectivity index (χ1n) is 8.82. The molecule has 0 spiro atoms. The van der Waals surface area contributed by atoms with Gasteiger partial charge in [0.1, 0.15) is 11.6 Å². The molecule has 0 bridgehead atoms. The second-order valence-electron chi connectivity index (χ2n) is 6.43. The van der Waals surface area contributed by atoms with Gasteiger partial charge >= 0.3 is 6.18 Å². The van der Waals surface area contributed by atoms with Crippen LogP contribution in [0.2, 0.25) is 0 Å². The van der Waals surface area contributed by atoms with Crippen LogP contribution in [0, 0.1) is 0 Å². The molecule has 0 aliphatic carbocycles. The molecular weight excluding hydrogens is 359 g/mol. The van der Waals surface area contributed by atoms with Gasteiger partial charge in [0.05, 0.1) is 6.04 Å². The van der Waals surface area contributed by atoms with Gasteiger partial charge in [-0.3, -0.25) is 4.79 Å². The number of nitrogens with zero attached hydrogens (tertiary/aromatic N) is 2. The van der Waals surface area contributed by atoms with Gasteiger partial charge in [-0.25, -0.2) is 4.98 Å². The number of pyridine rings is 1. The largest absolute Gasteiger partial charge is 0.483 e. The molecule has 0 radical (unpaired) electrons. The second-order valence-corrected chi connectivity index (χ2v) is 6.43. The Morgan fingerprint density at radius 3 is 2.85 bits per heavy atom. The van der Waals surface area contributed by atoms with Gasteiger partial charge in [0, 0.05) is 24.9 Å². The molecule has 1 aromatic heterocycles. The number of alkyl halides is 3. The minimum absolute atomic E-state index is 0.0236. The van der Waals surface area contributed by atoms with Crippen molar-refractivity contribution in [2.75, 3.05) is 11.9 Å². The van der Waals surface area contributed by atoms with Crippen LogP contribution in [0.25, 0.3) is 0 Å². The number of nitrogens with one attached hydrogen (secondary N) is 1. The van der Waals surface area contributed by atoms with E-state index in [0.29, 0.717) is 12.2 Å². The van der Waals surface area contributed by atoms with E-state index in [1.165, 1.54) is 0 Å². The highest BCUT2D eigenvalue weighted by atomic mass is 19.4. The third kappa shape index (κ3) is 6.30. The summed E-state index contributed by atoms with van der Waals surface area (Å²) in [7, 11) is 0. The monoisotopic (exact) mass is 383 g/mol. The van der Waals surface area contributed by atoms with Crippen molar-refractivity contribution in [3.8, 4) is 0 Å². The van der Waals surface area contributed by atoms with Crippen molar-refractivity contribution in [1.82, 2.24) is 9.88 Å². The lowest BCUT2D eigenvalue weighted by Crippen LogP contribution is -2.32. The number of ether oxygens (including phenoxy) is 1. The SMILES string of the molecule is CCCC(=O)Nc1cc(C(C)N2C=C(OCC(F)(F)F)C=CC2C)ccn1. The van der Waals surface area contributed by atoms with Crippen LogP contribution in [0.4, 0.5) is 19.0 Å². The first-order chi connectivity index (χ1) is 12.7. The van der Waals surface area contributed by atoms with Crippen LogP contribution in [0.3, 0.4) is 0 Å². The molecule has 27 heavy (non-hydrogen) atoms. The molecule has 2 unspecified atom stereocenters. The number of aromatic nitrogens is 1. The van der Waals surface area contributed by atoms with E-state index >= 15 is 0 Å². The molecule has 8 heteroatoms. The van der Waals surface area contributed by atoms with Crippen LogP contribution in [-0.4, -0.2) is 34.6 Å². The highest BCUT2D eigenvalue weighted by Crippen LogP contribution is 2.28. The predicted molar refractivity (Wildman–Crippen MR) is 96.7 cm³/mol. The van der Waals surface area contributed by atoms with E-state index in [9.17, 15) is 18.0 Å². The number of carbonyl (C=O) groups is 1. The summed E-state index contributed by atoms with van der Waals surface area (Å²) >= 11 is 0. The van der Waals surface area contributed by atoms with E-state index in [1.54, 1.807) is 30.6 Å². The number of anilines is 1. The number of rotatable bonds is 7. The molecule has 1 N–H and O–H groups in total. The summed E-state index contributed by atoms with van der Waals surface area (Å²) < 4.78 is 42.0. The van der Waals surface area contributed by atoms with Crippen LogP contribution >= 0.6 is 0 Å². The Morgan fingerprint density at radius 1 is 1.44 bits per heavy atom. The Labute approximate surface area is 156 Å². The molecule has 1 aliphatic rings. The fraction of sp³-hybridized carbons (Fsp3) is 0.474. The van der Waals surface area contributed by atoms with Gasteiger partial charge in [0.15, 0.2) is 6.61 Å². The number of hydrogen-bond acceptors (Lipinski definition) is 4. The molecule has 1 aromatic rings. The van der Waals surface area contributed by atoms with Gasteiger partial charge in [-0.2, -0.15) is 13.2 Å². The molecule has 2 atom stereocenters. The summed E-state index contributed by atoms with van der Waals surface area (Å²) in [6, 6.07) is 3.41. The van der Waals surface area contributed by atoms with Crippen molar-refractivity contribution < 1.29 is 22.7 Å². The topological polar surface area (TPSA) is 54.5 Å². The molecule has 2 rings (SSSR count). The van der Waals surface area contributed by atoms with E-state index in [1.807, 2.05) is 31.7 Å². The van der Waals surface area contributed by atoms with Gasteiger partial charge in [-0.1, -0.05) is 13.0 Å². The zero-order chi connectivity index (χ0) is 20.0. The number of amides is 1. The summed E-state index contributed by atoms with van der Waals surface area (Å²) in [5.41, 5.74) is 0.880. The normalized spacial score (nSPS) is 18.1. The zero-order valence-electron chi connectivity index (χ0n) is 15.6. The Hall–Kier alpha value is -2.51. The Morgan fingerprint density at radius 2 is 2.19 bits per heavy atom. The molecule has 0 aromatic carbocycles. The van der Waals surface area contributed by atoms with Crippen molar-refractivity contribution >= 4 is 11.7 Å². The van der Waals surface area contributed by atoms with Gasteiger partial charge in [-0.15, -0.1) is 0 Å². The van der Waals surface area contributed by atoms with Gasteiger partial charge in [0.25, 0.3) is 0 Å². The number of halogens is 3. The summed E-state index contributed by atoms with van der Waals surface area (Å²) in [4.78, 5) is 17.8. The van der Waals surface area contributed by atoms with Crippen molar-refractivity contribution in [2.45, 2.75) is 51.9 Å². The zero-order valence-corrected chi connectivity index (χ0v) is 15.6. The first kappa shape index (κ1) is 20.8. The van der Waals surface area contributed by atoms with E-state index in [-0.39, 0.29) is 23.8 Å². The average Bonchev–Trinajstić information content (AvgIpc) is 2.60. The number of hydrogen-bond donors (Lipinski definition) is 1. The summed E-state index contributed by atoms with van der Waals surface area (Å²) in [5, 5.41) is 2.75. The number of carbonyl (C=O) groups excluding carboxylic acids is 1. The maximum Gasteiger partial charge on any atom is 0.422 e. The lowest BCUT2D eigenvalue weighted by molar-refractivity contribution is -0.164. The third-order valence-electron chi connectivity index (χ3n) is 4.15. The number of allylic oxidation sites excluding steroid dienone is 1. The fourth-order valence-corrected chi connectivity index (χ4v) is 2.74. The highest BCUT2D eigenvalue weighted by Gasteiger charge is 2.29. The van der Waals surface area contributed by atoms with Crippen molar-refractivity contribution in [2.24, 2.45) is 0 Å². The van der Waals surface area contributed by atoms with E-state index in [4.69, 9.17) is 4.74 Å². The fourth-order valence-electron chi connectivity index (χ4n) is 2.74. The van der Waals surface area contributed by atoms with Crippen molar-refractivity contribution in [1.29, 1.82) is 0 Å². The molecule has 1 aliphatic heterocycles. The quantitative estimate of drug-likeness (QED) is 0.750. The third-order valence-corrected chi connectivity index (χ3v) is 4.15. The smallest absolute Gasteiger partial charge is 0.422 e. The average molecular weight is 383 g/mol. The maximum atomic E-state index is 12.4. The Kier molecular flexibility index (Phi) is 6.87. The summed E-state index contributed by atoms with van der Waals surface area (Å²) in [6.45, 7) is 4.46. The molecule has 0 fully saturated rings. The van der Waals surface area contributed by atoms with Gasteiger partial charge < -0.3 is 15.0 Å². The van der Waals surface area contributed by atoms with Crippen molar-refractivity contribution in [3.63, 3.8) is 0 Å². The minimum Gasteiger partial charge on any atom is -0.483 e. The molecular formula is C19H24F3N3O2. The standard InChI is InChI=1S/C19H24F3N3O2/c1-4-5-18(26)24-17-10-15(8-9-23-17)14(3)25-11-16(7-6-13(25)2)27-12-19(20,21)22/h6-11,13-14H,4-5,12H2,1-3H3,(H,23,24,26). The first-order valence-corrected chi connectivity index (χ1v) is 8.82. The van der Waals surface area contributed by atoms with Crippen LogP contribution in [0.1, 0.15) is 45.2 Å². The summed E-state index contributed by atoms with van der Waals surface area (Å²) in [6.07, 6.45) is 3.28. The lowest BCUT2D eigenvalue weighted by atomic mass is 10.0. The maximum absolute atomic E-state index is 12.4. The van der Waals surface area contributed by atoms with Crippen LogP contribution < -0.4 is 5.32 Å². The van der Waals surface area contributed by atoms with E-state index < -0.39 is 12.8 Å². The van der Waals surface area contributed by atoms with Crippen LogP contribution in [0.15, 0.2) is 42.4 Å². The summed E-state index contributed by atoms with van der Waals surface area (Å²) in [5.74, 6) is 0.505. The highest BCUT2D eigenvalue weighted by molar-refractivity contribution is 5.89. The molecule has 2 heterocycles. The van der Waals surface area contributed by atoms with Gasteiger partial charge in [-0.05, 0) is 44.0 Å². The van der Waals surface area contributed by atoms with Crippen LogP contribution in [-0.2, 0) is 9.53 Å². The van der Waals surface area contributed by atoms with Crippen molar-refractivity contribution in [3.05, 3.63) is 48.0 Å². The van der Waals surface area contributed by atoms with E-state index in [2.05, 4.69) is 10.3 Å².